The first-order valence-electron chi connectivity index (χ1n) is 6.66. The molecule has 1 aliphatic carbocycles. The van der Waals surface area contributed by atoms with Crippen LogP contribution >= 0.6 is 0 Å². The first-order chi connectivity index (χ1) is 9.32. The molecule has 1 aliphatic rings. The summed E-state index contributed by atoms with van der Waals surface area (Å²) in [5.41, 5.74) is 4.35. The molecule has 1 atom stereocenters. The summed E-state index contributed by atoms with van der Waals surface area (Å²) >= 11 is 0. The number of halogens is 4. The average molecular weight is 291 g/mol. The number of nitrogens with two attached hydrogens (primary N) is 1. The molecule has 0 aliphatic heterocycles. The number of phenols is 1. The Morgan fingerprint density at radius 3 is 2.30 bits per heavy atom. The SMILES string of the molecule is N[C@@H](c1c(C(F)(F)F)ccc(F)c1O)C1CCCCC1. The molecule has 0 aromatic heterocycles. The van der Waals surface area contributed by atoms with Gasteiger partial charge in [0.1, 0.15) is 0 Å². The molecule has 3 N–H and O–H groups in total. The van der Waals surface area contributed by atoms with Crippen molar-refractivity contribution in [3.05, 3.63) is 29.1 Å². The molecule has 0 amide bonds. The van der Waals surface area contributed by atoms with Gasteiger partial charge in [-0.25, -0.2) is 4.39 Å². The van der Waals surface area contributed by atoms with Crippen molar-refractivity contribution in [2.75, 3.05) is 0 Å². The Kier molecular flexibility index (Phi) is 4.22. The molecule has 20 heavy (non-hydrogen) atoms. The van der Waals surface area contributed by atoms with Gasteiger partial charge in [-0.05, 0) is 30.9 Å². The first-order valence-corrected chi connectivity index (χ1v) is 6.66. The van der Waals surface area contributed by atoms with Crippen LogP contribution in [0.2, 0.25) is 0 Å². The summed E-state index contributed by atoms with van der Waals surface area (Å²) in [6.45, 7) is 0. The van der Waals surface area contributed by atoms with Gasteiger partial charge in [-0.1, -0.05) is 19.3 Å². The van der Waals surface area contributed by atoms with Gasteiger partial charge in [-0.15, -0.1) is 0 Å². The third kappa shape index (κ3) is 2.90. The highest BCUT2D eigenvalue weighted by Crippen LogP contribution is 2.43. The van der Waals surface area contributed by atoms with Crippen LogP contribution in [0.4, 0.5) is 17.6 Å². The molecule has 1 saturated carbocycles. The zero-order valence-corrected chi connectivity index (χ0v) is 10.9. The summed E-state index contributed by atoms with van der Waals surface area (Å²) in [6.07, 6.45) is -0.425. The zero-order valence-electron chi connectivity index (χ0n) is 10.9. The summed E-state index contributed by atoms with van der Waals surface area (Å²) in [6, 6.07) is 0.269. The van der Waals surface area contributed by atoms with Gasteiger partial charge in [0.25, 0.3) is 0 Å². The van der Waals surface area contributed by atoms with Gasteiger partial charge in [0.15, 0.2) is 11.6 Å². The lowest BCUT2D eigenvalue weighted by Crippen LogP contribution is -2.26. The highest BCUT2D eigenvalue weighted by molar-refractivity contribution is 5.44. The van der Waals surface area contributed by atoms with Crippen molar-refractivity contribution < 1.29 is 22.7 Å². The Labute approximate surface area is 114 Å². The molecule has 0 saturated heterocycles. The van der Waals surface area contributed by atoms with Crippen LogP contribution in [0.15, 0.2) is 12.1 Å². The summed E-state index contributed by atoms with van der Waals surface area (Å²) in [4.78, 5) is 0. The predicted octanol–water partition coefficient (Wildman–Crippen LogP) is 4.13. The van der Waals surface area contributed by atoms with Crippen LogP contribution < -0.4 is 5.73 Å². The maximum absolute atomic E-state index is 13.4. The van der Waals surface area contributed by atoms with E-state index in [-0.39, 0.29) is 5.92 Å². The van der Waals surface area contributed by atoms with E-state index in [1.54, 1.807) is 0 Å². The maximum atomic E-state index is 13.4. The lowest BCUT2D eigenvalue weighted by Gasteiger charge is -2.30. The van der Waals surface area contributed by atoms with Crippen LogP contribution in [-0.4, -0.2) is 5.11 Å². The quantitative estimate of drug-likeness (QED) is 0.805. The second-order valence-corrected chi connectivity index (χ2v) is 5.28. The number of benzene rings is 1. The van der Waals surface area contributed by atoms with Crippen LogP contribution in [0.25, 0.3) is 0 Å². The van der Waals surface area contributed by atoms with E-state index in [0.717, 1.165) is 19.3 Å². The van der Waals surface area contributed by atoms with E-state index in [1.165, 1.54) is 0 Å². The van der Waals surface area contributed by atoms with Crippen molar-refractivity contribution in [3.63, 3.8) is 0 Å². The van der Waals surface area contributed by atoms with Crippen LogP contribution in [-0.2, 0) is 6.18 Å². The smallest absolute Gasteiger partial charge is 0.416 e. The fourth-order valence-corrected chi connectivity index (χ4v) is 2.90. The molecule has 1 aromatic carbocycles. The molecule has 0 unspecified atom stereocenters. The van der Waals surface area contributed by atoms with Crippen molar-refractivity contribution in [1.29, 1.82) is 0 Å². The van der Waals surface area contributed by atoms with Gasteiger partial charge < -0.3 is 10.8 Å². The lowest BCUT2D eigenvalue weighted by atomic mass is 9.80. The van der Waals surface area contributed by atoms with Gasteiger partial charge in [-0.2, -0.15) is 13.2 Å². The summed E-state index contributed by atoms with van der Waals surface area (Å²) < 4.78 is 52.4. The average Bonchev–Trinajstić information content (AvgIpc) is 2.40. The maximum Gasteiger partial charge on any atom is 0.416 e. The fourth-order valence-electron chi connectivity index (χ4n) is 2.90. The van der Waals surface area contributed by atoms with Crippen molar-refractivity contribution >= 4 is 0 Å². The number of aromatic hydroxyl groups is 1. The number of phenolic OH excluding ortho intramolecular Hbond substituents is 1. The number of hydrogen-bond donors (Lipinski definition) is 2. The largest absolute Gasteiger partial charge is 0.505 e. The van der Waals surface area contributed by atoms with E-state index >= 15 is 0 Å². The van der Waals surface area contributed by atoms with Crippen molar-refractivity contribution in [2.45, 2.75) is 44.3 Å². The molecule has 1 aromatic rings. The lowest BCUT2D eigenvalue weighted by molar-refractivity contribution is -0.138. The van der Waals surface area contributed by atoms with E-state index in [9.17, 15) is 22.7 Å². The van der Waals surface area contributed by atoms with Crippen molar-refractivity contribution in [1.82, 2.24) is 0 Å². The number of alkyl halides is 3. The minimum absolute atomic E-state index is 0.155. The highest BCUT2D eigenvalue weighted by atomic mass is 19.4. The van der Waals surface area contributed by atoms with Crippen molar-refractivity contribution in [2.24, 2.45) is 11.7 Å². The molecule has 112 valence electrons. The molecule has 1 fully saturated rings. The topological polar surface area (TPSA) is 46.2 Å². The van der Waals surface area contributed by atoms with E-state index in [0.29, 0.717) is 25.0 Å². The number of hydrogen-bond acceptors (Lipinski definition) is 2. The number of rotatable bonds is 2. The molecule has 0 radical (unpaired) electrons. The second-order valence-electron chi connectivity index (χ2n) is 5.28. The van der Waals surface area contributed by atoms with Gasteiger partial charge in [0, 0.05) is 11.6 Å². The summed E-state index contributed by atoms with van der Waals surface area (Å²) in [5, 5.41) is 9.69. The molecule has 6 heteroatoms. The van der Waals surface area contributed by atoms with E-state index < -0.39 is 34.9 Å². The highest BCUT2D eigenvalue weighted by Gasteiger charge is 2.38. The second kappa shape index (κ2) is 5.60. The Morgan fingerprint density at radius 2 is 1.75 bits per heavy atom. The normalized spacial score (nSPS) is 19.1. The minimum Gasteiger partial charge on any atom is -0.505 e. The summed E-state index contributed by atoms with van der Waals surface area (Å²) in [7, 11) is 0. The van der Waals surface area contributed by atoms with E-state index in [4.69, 9.17) is 5.73 Å². The fraction of sp³-hybridized carbons (Fsp3) is 0.571. The van der Waals surface area contributed by atoms with Gasteiger partial charge >= 0.3 is 6.18 Å². The molecular weight excluding hydrogens is 274 g/mol. The monoisotopic (exact) mass is 291 g/mol. The van der Waals surface area contributed by atoms with Crippen LogP contribution in [0, 0.1) is 11.7 Å². The van der Waals surface area contributed by atoms with Gasteiger partial charge in [0.2, 0.25) is 0 Å². The Bertz CT molecular complexity index is 481. The minimum atomic E-state index is -4.66. The van der Waals surface area contributed by atoms with Gasteiger partial charge in [-0.3, -0.25) is 0 Å². The Morgan fingerprint density at radius 1 is 1.15 bits per heavy atom. The standard InChI is InChI=1S/C14H17F4NO/c15-10-7-6-9(14(16,17)18)11(13(10)20)12(19)8-4-2-1-3-5-8/h6-8,12,20H,1-5,19H2/t12-/m1/s1. The van der Waals surface area contributed by atoms with Crippen molar-refractivity contribution in [3.8, 4) is 5.75 Å². The first kappa shape index (κ1) is 15.1. The van der Waals surface area contributed by atoms with Crippen LogP contribution in [0.3, 0.4) is 0 Å². The molecule has 0 spiro atoms. The van der Waals surface area contributed by atoms with E-state index in [2.05, 4.69) is 0 Å². The third-order valence-electron chi connectivity index (χ3n) is 3.96. The molecule has 2 rings (SSSR count). The Balaban J connectivity index is 2.44. The molecule has 0 bridgehead atoms. The molecule has 0 heterocycles. The van der Waals surface area contributed by atoms with Crippen LogP contribution in [0.5, 0.6) is 5.75 Å². The molecule has 2 nitrogen and oxygen atoms in total. The zero-order chi connectivity index (χ0) is 14.9. The Hall–Kier alpha value is -1.30. The summed E-state index contributed by atoms with van der Waals surface area (Å²) in [5.74, 6) is -2.20. The third-order valence-corrected chi connectivity index (χ3v) is 3.96. The predicted molar refractivity (Wildman–Crippen MR) is 66.6 cm³/mol. The molecular formula is C14H17F4NO. The van der Waals surface area contributed by atoms with Crippen LogP contribution in [0.1, 0.15) is 49.3 Å². The van der Waals surface area contributed by atoms with Gasteiger partial charge in [0.05, 0.1) is 5.56 Å². The van der Waals surface area contributed by atoms with E-state index in [1.807, 2.05) is 0 Å².